The maximum Gasteiger partial charge on any atom is 0.268 e. The molecule has 1 aromatic carbocycles. The first-order valence-electron chi connectivity index (χ1n) is 9.77. The largest absolute Gasteiger partial charge is 0.364 e. The van der Waals surface area contributed by atoms with Gasteiger partial charge in [0.25, 0.3) is 5.91 Å². The third-order valence-electron chi connectivity index (χ3n) is 5.64. The van der Waals surface area contributed by atoms with Crippen molar-refractivity contribution in [2.75, 3.05) is 18.1 Å². The molecular weight excluding hydrogens is 460 g/mol. The fourth-order valence-electron chi connectivity index (χ4n) is 3.99. The van der Waals surface area contributed by atoms with Gasteiger partial charge in [0, 0.05) is 25.2 Å². The van der Waals surface area contributed by atoms with Crippen LogP contribution in [0.25, 0.3) is 33.2 Å². The normalized spacial score (nSPS) is 19.2. The lowest BCUT2D eigenvalue weighted by molar-refractivity contribution is 0.0997. The Kier molecular flexibility index (Phi) is 4.91. The average Bonchev–Trinajstić information content (AvgIpc) is 3.28. The Bertz CT molecular complexity index is 1380. The molecule has 3 aromatic heterocycles. The third kappa shape index (κ3) is 3.07. The fourth-order valence-corrected chi connectivity index (χ4v) is 4.60. The number of hydrogen-bond donors (Lipinski definition) is 2. The van der Waals surface area contributed by atoms with Crippen LogP contribution in [-0.4, -0.2) is 60.8 Å². The maximum atomic E-state index is 14.4. The molecule has 4 N–H and O–H groups in total. The number of aryl methyl sites for hydroxylation is 1. The van der Waals surface area contributed by atoms with Crippen LogP contribution in [0.2, 0.25) is 10.2 Å². The summed E-state index contributed by atoms with van der Waals surface area (Å²) in [7, 11) is 1.70. The molecule has 10 nitrogen and oxygen atoms in total. The molecule has 2 atom stereocenters. The van der Waals surface area contributed by atoms with Gasteiger partial charge in [-0.05, 0) is 18.6 Å². The van der Waals surface area contributed by atoms with Crippen LogP contribution in [0.15, 0.2) is 18.5 Å². The van der Waals surface area contributed by atoms with E-state index in [-0.39, 0.29) is 12.2 Å². The lowest BCUT2D eigenvalue weighted by Crippen LogP contribution is -2.53. The van der Waals surface area contributed by atoms with E-state index in [1.165, 1.54) is 15.8 Å². The number of benzene rings is 1. The Labute approximate surface area is 190 Å². The number of carbonyl (C=O) groups is 1. The SMILES string of the molecule is Cn1nc2ccc(-c3nn(N4CC[C@@H](N)[C@H](F)C4)c4ncnc(C(N)=O)c34)c(Cl)c2c1Cl. The zero-order valence-corrected chi connectivity index (χ0v) is 18.3. The van der Waals surface area contributed by atoms with Crippen molar-refractivity contribution in [3.63, 3.8) is 0 Å². The van der Waals surface area contributed by atoms with Gasteiger partial charge in [0.2, 0.25) is 0 Å². The van der Waals surface area contributed by atoms with E-state index in [9.17, 15) is 9.18 Å². The van der Waals surface area contributed by atoms with E-state index in [0.717, 1.165) is 0 Å². The second kappa shape index (κ2) is 7.54. The lowest BCUT2D eigenvalue weighted by Gasteiger charge is -2.33. The van der Waals surface area contributed by atoms with Crippen LogP contribution in [0.1, 0.15) is 16.9 Å². The van der Waals surface area contributed by atoms with E-state index in [2.05, 4.69) is 20.2 Å². The second-order valence-electron chi connectivity index (χ2n) is 7.64. The van der Waals surface area contributed by atoms with Crippen LogP contribution in [0.5, 0.6) is 0 Å². The Morgan fingerprint density at radius 2 is 2.00 bits per heavy atom. The monoisotopic (exact) mass is 477 g/mol. The standard InChI is InChI=1S/C19H18Cl2FN9O/c1-29-17(21)12-11(27-29)3-2-8(14(12)20)15-13-16(18(24)32)25-7-26-19(13)31(28-15)30-5-4-10(23)9(22)6-30/h2-3,7,9-10H,4-6,23H2,1H3,(H2,24,32)/t9-,10-/m1/s1. The first-order valence-corrected chi connectivity index (χ1v) is 10.5. The van der Waals surface area contributed by atoms with Crippen molar-refractivity contribution in [2.24, 2.45) is 18.5 Å². The van der Waals surface area contributed by atoms with Crippen LogP contribution in [0, 0.1) is 0 Å². The zero-order chi connectivity index (χ0) is 22.7. The number of carbonyl (C=O) groups excluding carboxylic acids is 1. The Morgan fingerprint density at radius 3 is 2.72 bits per heavy atom. The van der Waals surface area contributed by atoms with Gasteiger partial charge < -0.3 is 11.5 Å². The van der Waals surface area contributed by atoms with Crippen molar-refractivity contribution < 1.29 is 9.18 Å². The summed E-state index contributed by atoms with van der Waals surface area (Å²) in [6, 6.07) is 2.92. The summed E-state index contributed by atoms with van der Waals surface area (Å²) >= 11 is 13.1. The predicted octanol–water partition coefficient (Wildman–Crippen LogP) is 1.79. The highest BCUT2D eigenvalue weighted by Gasteiger charge is 2.31. The molecule has 1 aliphatic heterocycles. The van der Waals surface area contributed by atoms with Gasteiger partial charge >= 0.3 is 0 Å². The van der Waals surface area contributed by atoms with Gasteiger partial charge in [0.05, 0.1) is 27.9 Å². The average molecular weight is 478 g/mol. The van der Waals surface area contributed by atoms with Crippen molar-refractivity contribution in [2.45, 2.75) is 18.6 Å². The van der Waals surface area contributed by atoms with Crippen molar-refractivity contribution in [3.8, 4) is 11.3 Å². The molecule has 0 radical (unpaired) electrons. The number of piperidine rings is 1. The third-order valence-corrected chi connectivity index (χ3v) is 6.47. The Morgan fingerprint density at radius 1 is 1.22 bits per heavy atom. The summed E-state index contributed by atoms with van der Waals surface area (Å²) < 4.78 is 15.9. The lowest BCUT2D eigenvalue weighted by atomic mass is 10.1. The van der Waals surface area contributed by atoms with Crippen molar-refractivity contribution in [1.82, 2.24) is 29.6 Å². The van der Waals surface area contributed by atoms with E-state index in [0.29, 0.717) is 56.3 Å². The maximum absolute atomic E-state index is 14.4. The Balaban J connectivity index is 1.78. The summed E-state index contributed by atoms with van der Waals surface area (Å²) in [6.45, 7) is 0.476. The highest BCUT2D eigenvalue weighted by Crippen LogP contribution is 2.40. The molecule has 4 heterocycles. The molecule has 166 valence electrons. The first kappa shape index (κ1) is 20.9. The van der Waals surface area contributed by atoms with Gasteiger partial charge in [-0.3, -0.25) is 14.5 Å². The van der Waals surface area contributed by atoms with Crippen LogP contribution in [0.4, 0.5) is 4.39 Å². The van der Waals surface area contributed by atoms with Crippen LogP contribution in [-0.2, 0) is 7.05 Å². The molecule has 32 heavy (non-hydrogen) atoms. The van der Waals surface area contributed by atoms with Crippen LogP contribution in [0.3, 0.4) is 0 Å². The first-order chi connectivity index (χ1) is 15.3. The molecule has 0 spiro atoms. The molecule has 1 fully saturated rings. The molecule has 0 unspecified atom stereocenters. The van der Waals surface area contributed by atoms with Crippen molar-refractivity contribution in [3.05, 3.63) is 34.3 Å². The summed E-state index contributed by atoms with van der Waals surface area (Å²) in [5.74, 6) is -0.751. The van der Waals surface area contributed by atoms with Crippen molar-refractivity contribution in [1.29, 1.82) is 0 Å². The Hall–Kier alpha value is -3.02. The van der Waals surface area contributed by atoms with E-state index in [1.807, 2.05) is 0 Å². The number of halogens is 3. The molecule has 13 heteroatoms. The topological polar surface area (TPSA) is 134 Å². The van der Waals surface area contributed by atoms with E-state index in [4.69, 9.17) is 34.7 Å². The fraction of sp³-hybridized carbons (Fsp3) is 0.316. The number of nitrogens with zero attached hydrogens (tertiary/aromatic N) is 7. The predicted molar refractivity (Wildman–Crippen MR) is 119 cm³/mol. The number of alkyl halides is 1. The number of fused-ring (bicyclic) bond motifs is 2. The van der Waals surface area contributed by atoms with Crippen LogP contribution < -0.4 is 16.5 Å². The minimum absolute atomic E-state index is 0.0183. The van der Waals surface area contributed by atoms with E-state index in [1.54, 1.807) is 24.2 Å². The highest BCUT2D eigenvalue weighted by molar-refractivity contribution is 6.43. The molecule has 1 saturated heterocycles. The highest BCUT2D eigenvalue weighted by atomic mass is 35.5. The minimum atomic E-state index is -1.24. The van der Waals surface area contributed by atoms with Gasteiger partial charge in [-0.15, -0.1) is 5.10 Å². The van der Waals surface area contributed by atoms with Gasteiger partial charge in [-0.2, -0.15) is 9.89 Å². The number of hydrogen-bond acceptors (Lipinski definition) is 7. The number of nitrogens with two attached hydrogens (primary N) is 2. The van der Waals surface area contributed by atoms with Gasteiger partial charge in [-0.25, -0.2) is 14.4 Å². The second-order valence-corrected chi connectivity index (χ2v) is 8.38. The number of rotatable bonds is 3. The number of amides is 1. The molecule has 0 aliphatic carbocycles. The summed E-state index contributed by atoms with van der Waals surface area (Å²) in [5, 5.41) is 12.2. The number of aromatic nitrogens is 6. The van der Waals surface area contributed by atoms with Gasteiger partial charge in [0.15, 0.2) is 5.65 Å². The molecule has 0 bridgehead atoms. The summed E-state index contributed by atoms with van der Waals surface area (Å²) in [5.41, 5.74) is 13.1. The molecule has 4 aromatic rings. The van der Waals surface area contributed by atoms with Gasteiger partial charge in [0.1, 0.15) is 29.0 Å². The van der Waals surface area contributed by atoms with Crippen molar-refractivity contribution >= 4 is 51.0 Å². The smallest absolute Gasteiger partial charge is 0.268 e. The molecule has 5 rings (SSSR count). The van der Waals surface area contributed by atoms with E-state index < -0.39 is 18.1 Å². The molecule has 0 saturated carbocycles. The zero-order valence-electron chi connectivity index (χ0n) is 16.8. The van der Waals surface area contributed by atoms with Gasteiger partial charge in [-0.1, -0.05) is 23.2 Å². The molecular formula is C19H18Cl2FN9O. The van der Waals surface area contributed by atoms with Crippen LogP contribution >= 0.6 is 23.2 Å². The minimum Gasteiger partial charge on any atom is -0.364 e. The molecule has 1 amide bonds. The van der Waals surface area contributed by atoms with E-state index >= 15 is 0 Å². The number of primary amides is 1. The molecule has 1 aliphatic rings. The quantitative estimate of drug-likeness (QED) is 0.459. The summed E-state index contributed by atoms with van der Waals surface area (Å²) in [4.78, 5) is 22.0. The summed E-state index contributed by atoms with van der Waals surface area (Å²) in [6.07, 6.45) is 0.414.